The molecule has 0 N–H and O–H groups in total. The maximum atomic E-state index is 12.6. The van der Waals surface area contributed by atoms with Crippen LogP contribution in [-0.4, -0.2) is 41.9 Å². The summed E-state index contributed by atoms with van der Waals surface area (Å²) in [4.78, 5) is 26.9. The van der Waals surface area contributed by atoms with Crippen molar-refractivity contribution >= 4 is 28.9 Å². The lowest BCUT2D eigenvalue weighted by Crippen LogP contribution is -2.49. The van der Waals surface area contributed by atoms with Crippen molar-refractivity contribution in [3.05, 3.63) is 68.7 Å². The van der Waals surface area contributed by atoms with E-state index in [1.54, 1.807) is 11.0 Å². The van der Waals surface area contributed by atoms with Crippen LogP contribution in [0, 0.1) is 17.0 Å². The molecule has 0 bridgehead atoms. The highest BCUT2D eigenvalue weighted by Gasteiger charge is 2.24. The second-order valence-corrected chi connectivity index (χ2v) is 6.45. The highest BCUT2D eigenvalue weighted by molar-refractivity contribution is 6.30. The molecular formula is C18H18ClN3O3. The molecule has 0 aromatic heterocycles. The van der Waals surface area contributed by atoms with Gasteiger partial charge in [0.25, 0.3) is 11.6 Å². The first-order valence-corrected chi connectivity index (χ1v) is 8.38. The van der Waals surface area contributed by atoms with E-state index in [0.29, 0.717) is 36.8 Å². The van der Waals surface area contributed by atoms with Crippen molar-refractivity contribution in [2.45, 2.75) is 6.92 Å². The molecule has 25 heavy (non-hydrogen) atoms. The summed E-state index contributed by atoms with van der Waals surface area (Å²) in [5, 5.41) is 11.6. The lowest BCUT2D eigenvalue weighted by Gasteiger charge is -2.37. The molecule has 0 radical (unpaired) electrons. The Balaban J connectivity index is 1.70. The van der Waals surface area contributed by atoms with E-state index in [1.807, 2.05) is 25.1 Å². The summed E-state index contributed by atoms with van der Waals surface area (Å²) >= 11 is 6.09. The number of carbonyl (C=O) groups is 1. The Morgan fingerprint density at radius 1 is 1.12 bits per heavy atom. The van der Waals surface area contributed by atoms with Gasteiger partial charge in [0.2, 0.25) is 0 Å². The van der Waals surface area contributed by atoms with Crippen LogP contribution in [0.15, 0.2) is 42.5 Å². The molecule has 2 aromatic rings. The zero-order valence-electron chi connectivity index (χ0n) is 13.8. The van der Waals surface area contributed by atoms with Gasteiger partial charge in [0, 0.05) is 54.6 Å². The lowest BCUT2D eigenvalue weighted by molar-refractivity contribution is -0.384. The summed E-state index contributed by atoms with van der Waals surface area (Å²) in [5.41, 5.74) is 2.50. The average Bonchev–Trinajstić information content (AvgIpc) is 2.63. The third-order valence-electron chi connectivity index (χ3n) is 4.38. The number of aryl methyl sites for hydroxylation is 1. The summed E-state index contributed by atoms with van der Waals surface area (Å²) in [7, 11) is 0. The standard InChI is InChI=1S/C18H18ClN3O3/c1-13-5-6-15(19)12-17(13)20-7-9-21(10-8-20)18(23)14-3-2-4-16(11-14)22(24)25/h2-6,11-12H,7-10H2,1H3. The van der Waals surface area contributed by atoms with Crippen LogP contribution in [-0.2, 0) is 0 Å². The van der Waals surface area contributed by atoms with Gasteiger partial charge in [-0.2, -0.15) is 0 Å². The molecule has 3 rings (SSSR count). The topological polar surface area (TPSA) is 66.7 Å². The number of piperazine rings is 1. The first-order valence-electron chi connectivity index (χ1n) is 8.00. The molecule has 1 aliphatic rings. The molecule has 2 aromatic carbocycles. The molecule has 0 spiro atoms. The summed E-state index contributed by atoms with van der Waals surface area (Å²) in [5.74, 6) is -0.175. The Kier molecular flexibility index (Phi) is 4.90. The summed E-state index contributed by atoms with van der Waals surface area (Å²) in [6.45, 7) is 4.55. The molecule has 7 heteroatoms. The van der Waals surface area contributed by atoms with Gasteiger partial charge in [-0.05, 0) is 30.7 Å². The van der Waals surface area contributed by atoms with Crippen molar-refractivity contribution in [3.63, 3.8) is 0 Å². The molecule has 1 saturated heterocycles. The Morgan fingerprint density at radius 2 is 1.84 bits per heavy atom. The van der Waals surface area contributed by atoms with Gasteiger partial charge >= 0.3 is 0 Å². The van der Waals surface area contributed by atoms with Crippen molar-refractivity contribution in [2.75, 3.05) is 31.1 Å². The van der Waals surface area contributed by atoms with E-state index in [4.69, 9.17) is 11.6 Å². The van der Waals surface area contributed by atoms with Crippen LogP contribution in [0.25, 0.3) is 0 Å². The number of nitrogens with zero attached hydrogens (tertiary/aromatic N) is 3. The number of nitro groups is 1. The predicted octanol–water partition coefficient (Wildman–Crippen LogP) is 3.52. The van der Waals surface area contributed by atoms with Crippen LogP contribution in [0.5, 0.6) is 0 Å². The van der Waals surface area contributed by atoms with E-state index in [9.17, 15) is 14.9 Å². The number of hydrogen-bond acceptors (Lipinski definition) is 4. The van der Waals surface area contributed by atoms with Crippen molar-refractivity contribution in [1.29, 1.82) is 0 Å². The van der Waals surface area contributed by atoms with E-state index >= 15 is 0 Å². The molecule has 1 heterocycles. The van der Waals surface area contributed by atoms with Crippen LogP contribution in [0.2, 0.25) is 5.02 Å². The second-order valence-electron chi connectivity index (χ2n) is 6.02. The fraction of sp³-hybridized carbons (Fsp3) is 0.278. The van der Waals surface area contributed by atoms with E-state index in [1.165, 1.54) is 18.2 Å². The quantitative estimate of drug-likeness (QED) is 0.621. The van der Waals surface area contributed by atoms with Gasteiger partial charge in [0.15, 0.2) is 0 Å². The fourth-order valence-corrected chi connectivity index (χ4v) is 3.18. The third-order valence-corrected chi connectivity index (χ3v) is 4.62. The van der Waals surface area contributed by atoms with Gasteiger partial charge in [0.05, 0.1) is 4.92 Å². The molecule has 6 nitrogen and oxygen atoms in total. The minimum Gasteiger partial charge on any atom is -0.368 e. The van der Waals surface area contributed by atoms with Gasteiger partial charge < -0.3 is 9.80 Å². The van der Waals surface area contributed by atoms with E-state index in [2.05, 4.69) is 4.90 Å². The van der Waals surface area contributed by atoms with E-state index in [0.717, 1.165) is 11.3 Å². The summed E-state index contributed by atoms with van der Waals surface area (Å²) in [6, 6.07) is 11.7. The highest BCUT2D eigenvalue weighted by atomic mass is 35.5. The molecule has 0 aliphatic carbocycles. The fourth-order valence-electron chi connectivity index (χ4n) is 3.01. The first-order chi connectivity index (χ1) is 12.0. The number of halogens is 1. The molecular weight excluding hydrogens is 342 g/mol. The maximum Gasteiger partial charge on any atom is 0.270 e. The Bertz CT molecular complexity index is 817. The molecule has 1 amide bonds. The number of rotatable bonds is 3. The second kappa shape index (κ2) is 7.11. The van der Waals surface area contributed by atoms with Crippen molar-refractivity contribution in [3.8, 4) is 0 Å². The molecule has 0 saturated carbocycles. The number of nitro benzene ring substituents is 1. The highest BCUT2D eigenvalue weighted by Crippen LogP contribution is 2.25. The minimum absolute atomic E-state index is 0.0703. The molecule has 0 atom stereocenters. The van der Waals surface area contributed by atoms with Gasteiger partial charge in [0.1, 0.15) is 0 Å². The SMILES string of the molecule is Cc1ccc(Cl)cc1N1CCN(C(=O)c2cccc([N+](=O)[O-])c2)CC1. The monoisotopic (exact) mass is 359 g/mol. The summed E-state index contributed by atoms with van der Waals surface area (Å²) in [6.07, 6.45) is 0. The van der Waals surface area contributed by atoms with Crippen LogP contribution in [0.4, 0.5) is 11.4 Å². The Labute approximate surface area is 150 Å². The summed E-state index contributed by atoms with van der Waals surface area (Å²) < 4.78 is 0. The number of non-ortho nitro benzene ring substituents is 1. The smallest absolute Gasteiger partial charge is 0.270 e. The van der Waals surface area contributed by atoms with Crippen molar-refractivity contribution in [1.82, 2.24) is 4.90 Å². The van der Waals surface area contributed by atoms with Crippen molar-refractivity contribution in [2.24, 2.45) is 0 Å². The van der Waals surface area contributed by atoms with Crippen molar-refractivity contribution < 1.29 is 9.72 Å². The van der Waals surface area contributed by atoms with Crippen LogP contribution in [0.1, 0.15) is 15.9 Å². The molecule has 0 unspecified atom stereocenters. The molecule has 130 valence electrons. The zero-order valence-corrected chi connectivity index (χ0v) is 14.6. The van der Waals surface area contributed by atoms with Gasteiger partial charge in [-0.3, -0.25) is 14.9 Å². The van der Waals surface area contributed by atoms with Crippen LogP contribution < -0.4 is 4.90 Å². The number of benzene rings is 2. The van der Waals surface area contributed by atoms with Gasteiger partial charge in [-0.25, -0.2) is 0 Å². The lowest BCUT2D eigenvalue weighted by atomic mass is 10.1. The predicted molar refractivity (Wildman–Crippen MR) is 97.4 cm³/mol. The molecule has 1 fully saturated rings. The third kappa shape index (κ3) is 3.74. The van der Waals surface area contributed by atoms with E-state index < -0.39 is 4.92 Å². The molecule has 1 aliphatic heterocycles. The van der Waals surface area contributed by atoms with E-state index in [-0.39, 0.29) is 11.6 Å². The minimum atomic E-state index is -0.489. The van der Waals surface area contributed by atoms with Crippen LogP contribution in [0.3, 0.4) is 0 Å². The Morgan fingerprint density at radius 3 is 2.52 bits per heavy atom. The largest absolute Gasteiger partial charge is 0.368 e. The number of carbonyl (C=O) groups excluding carboxylic acids is 1. The van der Waals surface area contributed by atoms with Gasteiger partial charge in [-0.1, -0.05) is 23.7 Å². The first kappa shape index (κ1) is 17.2. The normalized spacial score (nSPS) is 14.5. The number of anilines is 1. The number of hydrogen-bond donors (Lipinski definition) is 0. The Hall–Kier alpha value is -2.60. The average molecular weight is 360 g/mol. The number of amides is 1. The van der Waals surface area contributed by atoms with Gasteiger partial charge in [-0.15, -0.1) is 0 Å². The maximum absolute atomic E-state index is 12.6. The zero-order chi connectivity index (χ0) is 18.0. The van der Waals surface area contributed by atoms with Crippen LogP contribution >= 0.6 is 11.6 Å².